The zero-order valence-corrected chi connectivity index (χ0v) is 19.9. The number of hydrogen-bond acceptors (Lipinski definition) is 4. The Hall–Kier alpha value is -4.02. The monoisotopic (exact) mass is 446 g/mol. The fourth-order valence-corrected chi connectivity index (χ4v) is 3.60. The van der Waals surface area contributed by atoms with Crippen LogP contribution in [0.1, 0.15) is 27.8 Å². The SMILES string of the molecule is CNCc1ccc(/C=C/c2ccnc(-c3cc(/C=C/c4ccc(N(C)C)cc4)ccn3)c2)cc1. The van der Waals surface area contributed by atoms with E-state index in [0.29, 0.717) is 0 Å². The van der Waals surface area contributed by atoms with Gasteiger partial charge >= 0.3 is 0 Å². The van der Waals surface area contributed by atoms with Crippen molar-refractivity contribution in [3.05, 3.63) is 113 Å². The number of nitrogens with one attached hydrogen (secondary N) is 1. The molecule has 2 heterocycles. The molecule has 0 spiro atoms. The van der Waals surface area contributed by atoms with Gasteiger partial charge < -0.3 is 10.2 Å². The highest BCUT2D eigenvalue weighted by Crippen LogP contribution is 2.20. The van der Waals surface area contributed by atoms with Crippen molar-refractivity contribution in [2.75, 3.05) is 26.0 Å². The average Bonchev–Trinajstić information content (AvgIpc) is 2.88. The second-order valence-electron chi connectivity index (χ2n) is 8.37. The molecule has 4 aromatic rings. The predicted octanol–water partition coefficient (Wildman–Crippen LogP) is 6.27. The first-order valence-corrected chi connectivity index (χ1v) is 11.4. The van der Waals surface area contributed by atoms with Gasteiger partial charge in [0.1, 0.15) is 0 Å². The molecule has 170 valence electrons. The van der Waals surface area contributed by atoms with E-state index in [9.17, 15) is 0 Å². The molecule has 0 aliphatic rings. The first kappa shape index (κ1) is 23.1. The summed E-state index contributed by atoms with van der Waals surface area (Å²) in [5.74, 6) is 0. The third kappa shape index (κ3) is 6.27. The molecule has 0 aliphatic carbocycles. The molecule has 0 bridgehead atoms. The highest BCUT2D eigenvalue weighted by atomic mass is 15.1. The fraction of sp³-hybridized carbons (Fsp3) is 0.133. The van der Waals surface area contributed by atoms with Crippen LogP contribution in [0.2, 0.25) is 0 Å². The van der Waals surface area contributed by atoms with Gasteiger partial charge in [-0.2, -0.15) is 0 Å². The molecule has 2 aromatic heterocycles. The van der Waals surface area contributed by atoms with E-state index in [1.807, 2.05) is 45.7 Å². The van der Waals surface area contributed by atoms with Crippen LogP contribution in [0.25, 0.3) is 35.7 Å². The largest absolute Gasteiger partial charge is 0.378 e. The molecule has 1 N–H and O–H groups in total. The summed E-state index contributed by atoms with van der Waals surface area (Å²) in [5, 5.41) is 3.17. The maximum atomic E-state index is 4.55. The van der Waals surface area contributed by atoms with Crippen molar-refractivity contribution in [3.8, 4) is 11.4 Å². The number of pyridine rings is 2. The van der Waals surface area contributed by atoms with Crippen LogP contribution < -0.4 is 10.2 Å². The molecule has 0 atom stereocenters. The van der Waals surface area contributed by atoms with Gasteiger partial charge in [0.2, 0.25) is 0 Å². The summed E-state index contributed by atoms with van der Waals surface area (Å²) >= 11 is 0. The van der Waals surface area contributed by atoms with E-state index in [2.05, 4.69) is 105 Å². The van der Waals surface area contributed by atoms with Crippen LogP contribution in [-0.4, -0.2) is 31.1 Å². The highest BCUT2D eigenvalue weighted by molar-refractivity contribution is 5.74. The number of nitrogens with zero attached hydrogens (tertiary/aromatic N) is 3. The van der Waals surface area contributed by atoms with Crippen molar-refractivity contribution < 1.29 is 0 Å². The van der Waals surface area contributed by atoms with Gasteiger partial charge in [-0.25, -0.2) is 0 Å². The summed E-state index contributed by atoms with van der Waals surface area (Å²) in [7, 11) is 6.05. The molecule has 0 aliphatic heterocycles. The van der Waals surface area contributed by atoms with E-state index in [1.165, 1.54) is 16.8 Å². The summed E-state index contributed by atoms with van der Waals surface area (Å²) < 4.78 is 0. The molecule has 0 fully saturated rings. The quantitative estimate of drug-likeness (QED) is 0.346. The van der Waals surface area contributed by atoms with E-state index in [0.717, 1.165) is 34.6 Å². The van der Waals surface area contributed by atoms with Crippen molar-refractivity contribution in [1.82, 2.24) is 15.3 Å². The summed E-state index contributed by atoms with van der Waals surface area (Å²) in [6.45, 7) is 0.877. The lowest BCUT2D eigenvalue weighted by Crippen LogP contribution is -2.07. The number of rotatable bonds is 8. The first-order valence-electron chi connectivity index (χ1n) is 11.4. The zero-order chi connectivity index (χ0) is 23.8. The van der Waals surface area contributed by atoms with Gasteiger partial charge in [-0.3, -0.25) is 9.97 Å². The Bertz CT molecular complexity index is 1270. The van der Waals surface area contributed by atoms with E-state index < -0.39 is 0 Å². The molecule has 4 heteroatoms. The minimum absolute atomic E-state index is 0.858. The Morgan fingerprint density at radius 1 is 0.647 bits per heavy atom. The van der Waals surface area contributed by atoms with Gasteiger partial charge in [-0.05, 0) is 71.3 Å². The van der Waals surface area contributed by atoms with Crippen LogP contribution >= 0.6 is 0 Å². The normalized spacial score (nSPS) is 11.4. The Morgan fingerprint density at radius 2 is 1.12 bits per heavy atom. The maximum absolute atomic E-state index is 4.55. The van der Waals surface area contributed by atoms with Gasteiger partial charge in [-0.15, -0.1) is 0 Å². The summed E-state index contributed by atoms with van der Waals surface area (Å²) in [5.41, 5.74) is 8.69. The molecule has 2 aromatic carbocycles. The molecule has 0 saturated heterocycles. The number of anilines is 1. The molecule has 4 nitrogen and oxygen atoms in total. The second-order valence-corrected chi connectivity index (χ2v) is 8.37. The minimum atomic E-state index is 0.858. The summed E-state index contributed by atoms with van der Waals surface area (Å²) in [6.07, 6.45) is 12.1. The van der Waals surface area contributed by atoms with Gasteiger partial charge in [0.15, 0.2) is 0 Å². The first-order chi connectivity index (χ1) is 16.6. The second kappa shape index (κ2) is 11.2. The summed E-state index contributed by atoms with van der Waals surface area (Å²) in [4.78, 5) is 11.2. The average molecular weight is 447 g/mol. The molecule has 0 amide bonds. The molecular weight excluding hydrogens is 416 g/mol. The molecular formula is C30H30N4. The molecule has 0 unspecified atom stereocenters. The standard InChI is InChI=1S/C30H30N4/c1-31-22-27-10-6-23(7-11-27)4-8-25-16-18-32-29(20-25)30-21-26(17-19-33-30)9-5-24-12-14-28(15-13-24)34(2)3/h4-21,31H,22H2,1-3H3/b8-4+,9-5+. The van der Waals surface area contributed by atoms with Gasteiger partial charge in [0.25, 0.3) is 0 Å². The molecule has 0 saturated carbocycles. The van der Waals surface area contributed by atoms with Gasteiger partial charge in [0.05, 0.1) is 11.4 Å². The van der Waals surface area contributed by atoms with Crippen LogP contribution in [0.4, 0.5) is 5.69 Å². The third-order valence-electron chi connectivity index (χ3n) is 5.54. The van der Waals surface area contributed by atoms with Crippen LogP contribution in [-0.2, 0) is 6.54 Å². The lowest BCUT2D eigenvalue weighted by molar-refractivity contribution is 0.818. The minimum Gasteiger partial charge on any atom is -0.378 e. The Balaban J connectivity index is 1.48. The van der Waals surface area contributed by atoms with Crippen molar-refractivity contribution in [2.24, 2.45) is 0 Å². The predicted molar refractivity (Wildman–Crippen MR) is 145 cm³/mol. The van der Waals surface area contributed by atoms with Crippen molar-refractivity contribution in [1.29, 1.82) is 0 Å². The fourth-order valence-electron chi connectivity index (χ4n) is 3.60. The van der Waals surface area contributed by atoms with Crippen LogP contribution in [0, 0.1) is 0 Å². The van der Waals surface area contributed by atoms with Crippen molar-refractivity contribution in [3.63, 3.8) is 0 Å². The Morgan fingerprint density at radius 3 is 1.59 bits per heavy atom. The number of aromatic nitrogens is 2. The van der Waals surface area contributed by atoms with Crippen LogP contribution in [0.3, 0.4) is 0 Å². The lowest BCUT2D eigenvalue weighted by Gasteiger charge is -2.11. The topological polar surface area (TPSA) is 41.1 Å². The molecule has 34 heavy (non-hydrogen) atoms. The highest BCUT2D eigenvalue weighted by Gasteiger charge is 2.03. The van der Waals surface area contributed by atoms with E-state index >= 15 is 0 Å². The van der Waals surface area contributed by atoms with Crippen molar-refractivity contribution in [2.45, 2.75) is 6.54 Å². The number of benzene rings is 2. The summed E-state index contributed by atoms with van der Waals surface area (Å²) in [6, 6.07) is 25.2. The van der Waals surface area contributed by atoms with E-state index in [-0.39, 0.29) is 0 Å². The Labute approximate surface area is 202 Å². The maximum Gasteiger partial charge on any atom is 0.0892 e. The van der Waals surface area contributed by atoms with Crippen molar-refractivity contribution >= 4 is 30.0 Å². The molecule has 4 rings (SSSR count). The zero-order valence-electron chi connectivity index (χ0n) is 19.9. The molecule has 0 radical (unpaired) electrons. The Kier molecular flexibility index (Phi) is 7.63. The van der Waals surface area contributed by atoms with Gasteiger partial charge in [0, 0.05) is 38.7 Å². The van der Waals surface area contributed by atoms with Crippen LogP contribution in [0.15, 0.2) is 85.2 Å². The van der Waals surface area contributed by atoms with Crippen LogP contribution in [0.5, 0.6) is 0 Å². The lowest BCUT2D eigenvalue weighted by atomic mass is 10.1. The third-order valence-corrected chi connectivity index (χ3v) is 5.54. The smallest absolute Gasteiger partial charge is 0.0892 e. The van der Waals surface area contributed by atoms with E-state index in [4.69, 9.17) is 0 Å². The van der Waals surface area contributed by atoms with E-state index in [1.54, 1.807) is 0 Å². The van der Waals surface area contributed by atoms with Gasteiger partial charge in [-0.1, -0.05) is 60.7 Å². The number of hydrogen-bond donors (Lipinski definition) is 1.